The average Bonchev–Trinajstić information content (AvgIpc) is 2.95. The van der Waals surface area contributed by atoms with Gasteiger partial charge in [0.15, 0.2) is 16.8 Å². The summed E-state index contributed by atoms with van der Waals surface area (Å²) < 4.78 is 37.1. The summed E-state index contributed by atoms with van der Waals surface area (Å²) in [4.78, 5) is 7.49. The van der Waals surface area contributed by atoms with Crippen molar-refractivity contribution < 1.29 is 18.1 Å². The first-order valence-electron chi connectivity index (χ1n) is 10.2. The lowest BCUT2D eigenvalue weighted by atomic mass is 9.90. The molecule has 0 saturated carbocycles. The molecule has 2 aromatic rings. The van der Waals surface area contributed by atoms with Crippen LogP contribution in [0.5, 0.6) is 0 Å². The predicted octanol–water partition coefficient (Wildman–Crippen LogP) is 7.41. The van der Waals surface area contributed by atoms with Crippen LogP contribution in [0.4, 0.5) is 8.78 Å². The van der Waals surface area contributed by atoms with Crippen molar-refractivity contribution in [3.63, 3.8) is 0 Å². The van der Waals surface area contributed by atoms with Gasteiger partial charge >= 0.3 is 7.12 Å². The van der Waals surface area contributed by atoms with E-state index in [0.717, 1.165) is 11.1 Å². The molecule has 2 aromatic heterocycles. The molecule has 0 atom stereocenters. The van der Waals surface area contributed by atoms with Crippen LogP contribution in [0, 0.1) is 39.3 Å². The van der Waals surface area contributed by atoms with Crippen molar-refractivity contribution in [2.45, 2.75) is 74.0 Å². The van der Waals surface area contributed by atoms with Gasteiger partial charge in [-0.05, 0) is 83.7 Å². The minimum Gasteiger partial charge on any atom is -0.400 e. The Morgan fingerprint density at radius 3 is 1.67 bits per heavy atom. The Labute approximate surface area is 203 Å². The number of rotatable bonds is 2. The molecular formula is C25H36BClF2N2O2. The smallest absolute Gasteiger partial charge is 0.400 e. The maximum atomic E-state index is 13.1. The van der Waals surface area contributed by atoms with Gasteiger partial charge in [0.2, 0.25) is 0 Å². The lowest BCUT2D eigenvalue weighted by Gasteiger charge is -2.32. The molecule has 8 heteroatoms. The first-order chi connectivity index (χ1) is 14.7. The lowest BCUT2D eigenvalue weighted by Crippen LogP contribution is -2.41. The Balaban J connectivity index is 0.000000459. The first-order valence-corrected chi connectivity index (χ1v) is 10.6. The zero-order chi connectivity index (χ0) is 24.9. The number of aromatic nitrogens is 2. The fourth-order valence-electron chi connectivity index (χ4n) is 2.45. The summed E-state index contributed by atoms with van der Waals surface area (Å²) in [5.74, 6) is 0.998. The van der Waals surface area contributed by atoms with Gasteiger partial charge < -0.3 is 9.31 Å². The summed E-state index contributed by atoms with van der Waals surface area (Å²) in [6.45, 7) is 22.2. The normalized spacial score (nSPS) is 15.3. The molecule has 3 heterocycles. The summed E-state index contributed by atoms with van der Waals surface area (Å²) in [6, 6.07) is 0. The van der Waals surface area contributed by atoms with Crippen LogP contribution in [0.3, 0.4) is 0 Å². The molecule has 182 valence electrons. The van der Waals surface area contributed by atoms with Crippen LogP contribution >= 0.6 is 11.6 Å². The van der Waals surface area contributed by atoms with E-state index in [-0.39, 0.29) is 36.7 Å². The lowest BCUT2D eigenvalue weighted by molar-refractivity contribution is 0.00578. The Hall–Kier alpha value is -2.09. The number of hydrogen-bond donors (Lipinski definition) is 0. The Kier molecular flexibility index (Phi) is 11.6. The van der Waals surface area contributed by atoms with E-state index in [9.17, 15) is 8.78 Å². The highest BCUT2D eigenvalue weighted by molar-refractivity contribution is 6.51. The summed E-state index contributed by atoms with van der Waals surface area (Å²) in [5.41, 5.74) is 2.77. The number of hydrogen-bond acceptors (Lipinski definition) is 4. The highest BCUT2D eigenvalue weighted by Crippen LogP contribution is 2.36. The third-order valence-corrected chi connectivity index (χ3v) is 5.94. The van der Waals surface area contributed by atoms with Crippen LogP contribution in [0.15, 0.2) is 31.5 Å². The predicted molar refractivity (Wildman–Crippen MR) is 135 cm³/mol. The Morgan fingerprint density at radius 2 is 1.30 bits per heavy atom. The molecule has 0 spiro atoms. The number of aryl methyl sites for hydroxylation is 2. The van der Waals surface area contributed by atoms with Gasteiger partial charge in [0, 0.05) is 12.4 Å². The molecule has 1 aliphatic rings. The standard InChI is InChI=1S/C9H10FN.C8H15BO2.C7H7ClFN.CH4/c1-4-8-9(10)7(3)6(2)5-11-8;1-6-9-10-7(2,3)8(4,5)11-9;1-4-3-10-7(8)6(9)5(4)2;/h4-5H,1H2,2-3H3;6H,1H2,2-5H3;3H,1-2H3;1H4. The van der Waals surface area contributed by atoms with Crippen molar-refractivity contribution in [1.82, 2.24) is 9.97 Å². The molecule has 0 aliphatic carbocycles. The van der Waals surface area contributed by atoms with E-state index >= 15 is 0 Å². The van der Waals surface area contributed by atoms with Gasteiger partial charge in [0.05, 0.1) is 16.9 Å². The van der Waals surface area contributed by atoms with E-state index < -0.39 is 5.82 Å². The van der Waals surface area contributed by atoms with Crippen molar-refractivity contribution in [2.24, 2.45) is 0 Å². The summed E-state index contributed by atoms with van der Waals surface area (Å²) in [7, 11) is -0.250. The van der Waals surface area contributed by atoms with Gasteiger partial charge in [-0.3, -0.25) is 4.98 Å². The highest BCUT2D eigenvalue weighted by atomic mass is 35.5. The van der Waals surface area contributed by atoms with Gasteiger partial charge in [-0.1, -0.05) is 31.6 Å². The molecule has 0 bridgehead atoms. The van der Waals surface area contributed by atoms with Crippen LogP contribution < -0.4 is 0 Å². The molecular weight excluding hydrogens is 445 g/mol. The SMILES string of the molecule is C.C=CB1OC(C)(C)C(C)(C)O1.C=Cc1ncc(C)c(C)c1F.Cc1cnc(Cl)c(F)c1C. The Bertz CT molecular complexity index is 938. The summed E-state index contributed by atoms with van der Waals surface area (Å²) in [6.07, 6.45) is 4.62. The molecule has 4 nitrogen and oxygen atoms in total. The van der Waals surface area contributed by atoms with Crippen LogP contribution in [-0.4, -0.2) is 28.3 Å². The van der Waals surface area contributed by atoms with Crippen molar-refractivity contribution in [1.29, 1.82) is 0 Å². The quantitative estimate of drug-likeness (QED) is 0.331. The van der Waals surface area contributed by atoms with Crippen molar-refractivity contribution >= 4 is 24.8 Å². The minimum absolute atomic E-state index is 0. The van der Waals surface area contributed by atoms with Gasteiger partial charge in [0.1, 0.15) is 0 Å². The Morgan fingerprint density at radius 1 is 0.879 bits per heavy atom. The zero-order valence-electron chi connectivity index (χ0n) is 20.1. The van der Waals surface area contributed by atoms with E-state index in [2.05, 4.69) is 23.1 Å². The van der Waals surface area contributed by atoms with Crippen LogP contribution in [0.25, 0.3) is 6.08 Å². The number of halogens is 3. The number of nitrogens with zero attached hydrogens (tertiary/aromatic N) is 2. The van der Waals surface area contributed by atoms with E-state index in [1.165, 1.54) is 6.08 Å². The van der Waals surface area contributed by atoms with Gasteiger partial charge in [-0.25, -0.2) is 13.8 Å². The fraction of sp³-hybridized carbons (Fsp3) is 0.440. The summed E-state index contributed by atoms with van der Waals surface area (Å²) >= 11 is 5.40. The van der Waals surface area contributed by atoms with Crippen molar-refractivity contribution in [3.05, 3.63) is 76.3 Å². The van der Waals surface area contributed by atoms with Crippen LogP contribution in [0.2, 0.25) is 5.15 Å². The average molecular weight is 481 g/mol. The molecule has 3 rings (SSSR count). The van der Waals surface area contributed by atoms with E-state index in [4.69, 9.17) is 20.9 Å². The van der Waals surface area contributed by atoms with E-state index in [1.807, 2.05) is 34.6 Å². The molecule has 1 aliphatic heterocycles. The molecule has 0 unspecified atom stereocenters. The van der Waals surface area contributed by atoms with Crippen molar-refractivity contribution in [3.8, 4) is 0 Å². The third-order valence-electron chi connectivity index (χ3n) is 5.67. The second-order valence-corrected chi connectivity index (χ2v) is 8.86. The third kappa shape index (κ3) is 7.73. The maximum Gasteiger partial charge on any atom is 0.486 e. The van der Waals surface area contributed by atoms with Gasteiger partial charge in [-0.15, -0.1) is 6.58 Å². The summed E-state index contributed by atoms with van der Waals surface area (Å²) in [5, 5.41) is -0.0527. The molecule has 0 aromatic carbocycles. The molecule has 0 amide bonds. The molecule has 33 heavy (non-hydrogen) atoms. The topological polar surface area (TPSA) is 44.2 Å². The van der Waals surface area contributed by atoms with Crippen LogP contribution in [-0.2, 0) is 9.31 Å². The highest BCUT2D eigenvalue weighted by Gasteiger charge is 2.49. The second kappa shape index (κ2) is 12.4. The van der Waals surface area contributed by atoms with E-state index in [1.54, 1.807) is 39.1 Å². The number of pyridine rings is 2. The molecule has 0 N–H and O–H groups in total. The largest absolute Gasteiger partial charge is 0.486 e. The van der Waals surface area contributed by atoms with Gasteiger partial charge in [-0.2, -0.15) is 0 Å². The van der Waals surface area contributed by atoms with Crippen LogP contribution in [0.1, 0.15) is 63.1 Å². The monoisotopic (exact) mass is 480 g/mol. The zero-order valence-corrected chi connectivity index (χ0v) is 20.9. The van der Waals surface area contributed by atoms with E-state index in [0.29, 0.717) is 16.8 Å². The second-order valence-electron chi connectivity index (χ2n) is 8.50. The molecule has 1 saturated heterocycles. The molecule has 1 fully saturated rings. The molecule has 0 radical (unpaired) electrons. The minimum atomic E-state index is -0.415. The van der Waals surface area contributed by atoms with Crippen molar-refractivity contribution in [2.75, 3.05) is 0 Å². The first kappa shape index (κ1) is 30.9. The maximum absolute atomic E-state index is 13.1. The van der Waals surface area contributed by atoms with Gasteiger partial charge in [0.25, 0.3) is 0 Å². The fourth-order valence-corrected chi connectivity index (χ4v) is 2.64.